The van der Waals surface area contributed by atoms with Gasteiger partial charge in [0.2, 0.25) is 0 Å². The second kappa shape index (κ2) is 7.79. The van der Waals surface area contributed by atoms with Gasteiger partial charge in [-0.15, -0.1) is 0 Å². The largest absolute Gasteiger partial charge is 0.310 e. The Kier molecular flexibility index (Phi) is 5.60. The van der Waals surface area contributed by atoms with Gasteiger partial charge in [-0.25, -0.2) is 0 Å². The quantitative estimate of drug-likeness (QED) is 0.649. The molecule has 0 amide bonds. The lowest BCUT2D eigenvalue weighted by atomic mass is 9.82. The van der Waals surface area contributed by atoms with Crippen LogP contribution in [0.15, 0.2) is 53.6 Å². The maximum Gasteiger partial charge on any atom is 0.0563 e. The van der Waals surface area contributed by atoms with Crippen molar-refractivity contribution in [1.82, 2.24) is 4.57 Å². The van der Waals surface area contributed by atoms with Gasteiger partial charge in [0, 0.05) is 27.6 Å². The molecule has 0 saturated heterocycles. The molecule has 0 fully saturated rings. The van der Waals surface area contributed by atoms with Gasteiger partial charge in [-0.05, 0) is 63.1 Å². The van der Waals surface area contributed by atoms with E-state index in [9.17, 15) is 0 Å². The van der Waals surface area contributed by atoms with Crippen molar-refractivity contribution in [2.75, 3.05) is 0 Å². The van der Waals surface area contributed by atoms with Crippen LogP contribution in [0.4, 0.5) is 0 Å². The summed E-state index contributed by atoms with van der Waals surface area (Å²) in [6, 6.07) is 6.96. The van der Waals surface area contributed by atoms with Crippen LogP contribution >= 0.6 is 0 Å². The summed E-state index contributed by atoms with van der Waals surface area (Å²) in [5.41, 5.74) is 5.75. The molecular weight excluding hydrogens is 340 g/mol. The van der Waals surface area contributed by atoms with Crippen LogP contribution in [-0.2, 0) is 6.42 Å². The first-order chi connectivity index (χ1) is 13.2. The predicted octanol–water partition coefficient (Wildman–Crippen LogP) is 5.11. The number of hydrogen-bond donors (Lipinski definition) is 0. The van der Waals surface area contributed by atoms with E-state index in [4.69, 9.17) is 0 Å². The lowest BCUT2D eigenvalue weighted by Crippen LogP contribution is -2.27. The number of allylic oxidation sites excluding steroid dienone is 3. The van der Waals surface area contributed by atoms with Gasteiger partial charge < -0.3 is 4.57 Å². The van der Waals surface area contributed by atoms with E-state index in [1.54, 1.807) is 0 Å². The molecule has 2 nitrogen and oxygen atoms in total. The lowest BCUT2D eigenvalue weighted by Gasteiger charge is -2.26. The fourth-order valence-electron chi connectivity index (χ4n) is 4.41. The molecule has 1 aliphatic rings. The molecule has 1 aromatic heterocycles. The van der Waals surface area contributed by atoms with Crippen molar-refractivity contribution in [2.45, 2.75) is 46.6 Å². The zero-order chi connectivity index (χ0) is 20.6. The molecule has 2 unspecified atom stereocenters. The molecule has 1 aromatic carbocycles. The number of fused-ring (bicyclic) bond motifs is 1. The number of rotatable bonds is 5. The Hall–Kier alpha value is -2.61. The Morgan fingerprint density at radius 1 is 1.32 bits per heavy atom. The van der Waals surface area contributed by atoms with Gasteiger partial charge in [-0.3, -0.25) is 4.99 Å². The summed E-state index contributed by atoms with van der Waals surface area (Å²) < 4.78 is 2.18. The summed E-state index contributed by atoms with van der Waals surface area (Å²) in [4.78, 5) is 4.51. The van der Waals surface area contributed by atoms with E-state index in [0.717, 1.165) is 40.2 Å². The van der Waals surface area contributed by atoms with Crippen molar-refractivity contribution in [2.24, 2.45) is 16.8 Å². The molecule has 1 aliphatic heterocycles. The van der Waals surface area contributed by atoms with Gasteiger partial charge in [0.05, 0.1) is 11.6 Å². The minimum Gasteiger partial charge on any atom is -0.310 e. The first-order valence-electron chi connectivity index (χ1n) is 10.1. The minimum absolute atomic E-state index is 0.212. The molecule has 3 rings (SSSR count). The van der Waals surface area contributed by atoms with Crippen molar-refractivity contribution >= 4 is 36.0 Å². The maximum absolute atomic E-state index is 4.51. The van der Waals surface area contributed by atoms with E-state index >= 15 is 0 Å². The third-order valence-electron chi connectivity index (χ3n) is 5.70. The summed E-state index contributed by atoms with van der Waals surface area (Å²) in [6.45, 7) is 25.4. The van der Waals surface area contributed by atoms with Crippen molar-refractivity contribution in [1.29, 1.82) is 0 Å². The SMILES string of the molecule is C=NC(CC(C)C)C1Cc2ccc3/c(=C/C(=C)C)c(=C)n(c3c2)C(=C)/C=C/1C. The minimum atomic E-state index is 0.212. The van der Waals surface area contributed by atoms with Crippen LogP contribution < -0.4 is 10.6 Å². The summed E-state index contributed by atoms with van der Waals surface area (Å²) >= 11 is 0. The Bertz CT molecular complexity index is 1090. The first-order valence-corrected chi connectivity index (χ1v) is 10.1. The molecule has 0 radical (unpaired) electrons. The summed E-state index contributed by atoms with van der Waals surface area (Å²) in [5.74, 6) is 0.912. The highest BCUT2D eigenvalue weighted by molar-refractivity contribution is 5.87. The topological polar surface area (TPSA) is 17.3 Å². The number of aliphatic imine (C=N–C) groups is 1. The standard InChI is InChI=1S/C26H32N2/c1-16(2)11-24-20(7)28-19(6)13-18(5)23(25(27-8)12-17(3)4)14-21-9-10-22(24)26(28)15-21/h9-11,13,15,17,23,25H,1,6-8,12,14H2,2-5H3/b18-13+,24-11+. The molecule has 146 valence electrons. The van der Waals surface area contributed by atoms with Crippen LogP contribution in [0.5, 0.6) is 0 Å². The number of hydrogen-bond acceptors (Lipinski definition) is 1. The third-order valence-corrected chi connectivity index (χ3v) is 5.70. The van der Waals surface area contributed by atoms with Gasteiger partial charge in [-0.1, -0.05) is 56.9 Å². The average molecular weight is 373 g/mol. The molecule has 0 saturated carbocycles. The van der Waals surface area contributed by atoms with Crippen molar-refractivity contribution in [3.8, 4) is 0 Å². The van der Waals surface area contributed by atoms with Gasteiger partial charge in [0.15, 0.2) is 0 Å². The molecule has 0 aliphatic carbocycles. The van der Waals surface area contributed by atoms with Gasteiger partial charge >= 0.3 is 0 Å². The van der Waals surface area contributed by atoms with E-state index in [0.29, 0.717) is 11.8 Å². The molecule has 2 heteroatoms. The molecule has 2 atom stereocenters. The van der Waals surface area contributed by atoms with Crippen LogP contribution in [0.2, 0.25) is 0 Å². The molecule has 28 heavy (non-hydrogen) atoms. The van der Waals surface area contributed by atoms with Gasteiger partial charge in [0.25, 0.3) is 0 Å². The molecular formula is C26H32N2. The molecule has 0 spiro atoms. The monoisotopic (exact) mass is 372 g/mol. The zero-order valence-electron chi connectivity index (χ0n) is 17.8. The van der Waals surface area contributed by atoms with Gasteiger partial charge in [-0.2, -0.15) is 0 Å². The fraction of sp³-hybridized carbons (Fsp3) is 0.346. The van der Waals surface area contributed by atoms with Crippen LogP contribution in [0.3, 0.4) is 0 Å². The normalized spacial score (nSPS) is 20.6. The van der Waals surface area contributed by atoms with E-state index < -0.39 is 0 Å². The highest BCUT2D eigenvalue weighted by Gasteiger charge is 2.25. The first kappa shape index (κ1) is 20.1. The summed E-state index contributed by atoms with van der Waals surface area (Å²) in [7, 11) is 0. The van der Waals surface area contributed by atoms with Crippen LogP contribution in [-0.4, -0.2) is 17.3 Å². The second-order valence-corrected chi connectivity index (χ2v) is 8.61. The Balaban J connectivity index is 2.24. The Labute approximate surface area is 169 Å². The van der Waals surface area contributed by atoms with Crippen molar-refractivity contribution in [3.63, 3.8) is 0 Å². The van der Waals surface area contributed by atoms with Crippen LogP contribution in [0.25, 0.3) is 29.3 Å². The van der Waals surface area contributed by atoms with Crippen LogP contribution in [0, 0.1) is 11.8 Å². The highest BCUT2D eigenvalue weighted by atomic mass is 15.0. The molecule has 2 aromatic rings. The van der Waals surface area contributed by atoms with Crippen molar-refractivity contribution < 1.29 is 0 Å². The zero-order valence-corrected chi connectivity index (χ0v) is 17.8. The van der Waals surface area contributed by atoms with E-state index in [2.05, 4.69) is 87.1 Å². The van der Waals surface area contributed by atoms with E-state index in [1.807, 2.05) is 6.92 Å². The Morgan fingerprint density at radius 2 is 2.04 bits per heavy atom. The van der Waals surface area contributed by atoms with E-state index in [-0.39, 0.29) is 6.04 Å². The van der Waals surface area contributed by atoms with Gasteiger partial charge in [0.1, 0.15) is 0 Å². The molecule has 0 N–H and O–H groups in total. The average Bonchev–Trinajstić information content (AvgIpc) is 2.89. The number of nitrogens with zero attached hydrogens (tertiary/aromatic N) is 2. The predicted molar refractivity (Wildman–Crippen MR) is 125 cm³/mol. The molecule has 2 heterocycles. The fourth-order valence-corrected chi connectivity index (χ4v) is 4.41. The van der Waals surface area contributed by atoms with E-state index in [1.165, 1.54) is 16.5 Å². The third kappa shape index (κ3) is 3.69. The van der Waals surface area contributed by atoms with Crippen molar-refractivity contribution in [3.05, 3.63) is 64.7 Å². The van der Waals surface area contributed by atoms with Crippen LogP contribution in [0.1, 0.15) is 39.7 Å². The highest BCUT2D eigenvalue weighted by Crippen LogP contribution is 2.31. The summed E-state index contributed by atoms with van der Waals surface area (Å²) in [6.07, 6.45) is 6.31. The smallest absolute Gasteiger partial charge is 0.0563 e. The molecule has 2 bridgehead atoms. The summed E-state index contributed by atoms with van der Waals surface area (Å²) in [5, 5.41) is 3.29. The lowest BCUT2D eigenvalue weighted by molar-refractivity contribution is 0.401. The Morgan fingerprint density at radius 3 is 2.64 bits per heavy atom. The second-order valence-electron chi connectivity index (χ2n) is 8.61. The maximum atomic E-state index is 4.51. The number of benzene rings is 1. The number of aromatic nitrogens is 1.